The molecule has 132 valence electrons. The molecule has 2 aliphatic rings. The number of fused-ring (bicyclic) bond motifs is 2. The van der Waals surface area contributed by atoms with Crippen molar-refractivity contribution in [2.45, 2.75) is 24.1 Å². The number of benzene rings is 1. The highest BCUT2D eigenvalue weighted by molar-refractivity contribution is 9.10. The lowest BCUT2D eigenvalue weighted by molar-refractivity contribution is -0.192. The molecule has 6 nitrogen and oxygen atoms in total. The predicted octanol–water partition coefficient (Wildman–Crippen LogP) is 1.63. The van der Waals surface area contributed by atoms with Crippen LogP contribution in [-0.4, -0.2) is 47.5 Å². The molecule has 0 aromatic heterocycles. The zero-order valence-corrected chi connectivity index (χ0v) is 13.7. The minimum Gasteiger partial charge on any atom is -0.475 e. The molecule has 10 heteroatoms. The molecule has 2 atom stereocenters. The number of amides is 1. The van der Waals surface area contributed by atoms with E-state index in [1.54, 1.807) is 0 Å². The fourth-order valence-electron chi connectivity index (χ4n) is 2.78. The first-order valence-electron chi connectivity index (χ1n) is 6.86. The van der Waals surface area contributed by atoms with Crippen molar-refractivity contribution in [1.82, 2.24) is 5.32 Å². The van der Waals surface area contributed by atoms with E-state index >= 15 is 0 Å². The van der Waals surface area contributed by atoms with E-state index in [-0.39, 0.29) is 18.6 Å². The predicted molar refractivity (Wildman–Crippen MR) is 81.6 cm³/mol. The molecule has 0 unspecified atom stereocenters. The fraction of sp³-hybridized carbons (Fsp3) is 0.429. The number of aliphatic hydroxyl groups excluding tert-OH is 1. The third kappa shape index (κ3) is 3.55. The van der Waals surface area contributed by atoms with Crippen molar-refractivity contribution < 1.29 is 33.0 Å². The smallest absolute Gasteiger partial charge is 0.475 e. The minimum absolute atomic E-state index is 0.00526. The van der Waals surface area contributed by atoms with Crippen LogP contribution >= 0.6 is 15.9 Å². The summed E-state index contributed by atoms with van der Waals surface area (Å²) in [5.74, 6) is -2.72. The Morgan fingerprint density at radius 1 is 1.42 bits per heavy atom. The maximum Gasteiger partial charge on any atom is 0.490 e. The van der Waals surface area contributed by atoms with Gasteiger partial charge in [-0.25, -0.2) is 4.79 Å². The number of alkyl halides is 3. The average molecular weight is 411 g/mol. The summed E-state index contributed by atoms with van der Waals surface area (Å²) < 4.78 is 32.7. The molecule has 2 aliphatic heterocycles. The lowest BCUT2D eigenvalue weighted by atomic mass is 9.80. The number of carbonyl (C=O) groups excluding carboxylic acids is 1. The first kappa shape index (κ1) is 18.7. The van der Waals surface area contributed by atoms with Crippen molar-refractivity contribution in [1.29, 1.82) is 0 Å². The Morgan fingerprint density at radius 2 is 2.04 bits per heavy atom. The molecule has 2 heterocycles. The summed E-state index contributed by atoms with van der Waals surface area (Å²) in [4.78, 5) is 21.1. The van der Waals surface area contributed by atoms with E-state index in [9.17, 15) is 23.1 Å². The zero-order chi connectivity index (χ0) is 18.1. The summed E-state index contributed by atoms with van der Waals surface area (Å²) in [6, 6.07) is 5.84. The van der Waals surface area contributed by atoms with Crippen LogP contribution in [-0.2, 0) is 15.0 Å². The number of rotatable bonds is 1. The van der Waals surface area contributed by atoms with Crippen molar-refractivity contribution >= 4 is 33.5 Å². The van der Waals surface area contributed by atoms with Gasteiger partial charge in [-0.1, -0.05) is 15.9 Å². The molecule has 1 saturated heterocycles. The maximum atomic E-state index is 12.2. The van der Waals surface area contributed by atoms with E-state index in [2.05, 4.69) is 26.6 Å². The van der Waals surface area contributed by atoms with Crippen molar-refractivity contribution in [3.63, 3.8) is 0 Å². The second-order valence-electron chi connectivity index (χ2n) is 5.49. The van der Waals surface area contributed by atoms with Gasteiger partial charge in [0, 0.05) is 22.7 Å². The van der Waals surface area contributed by atoms with E-state index in [4.69, 9.17) is 9.90 Å². The summed E-state index contributed by atoms with van der Waals surface area (Å²) in [7, 11) is 0. The van der Waals surface area contributed by atoms with Crippen LogP contribution in [0.5, 0.6) is 0 Å². The standard InChI is InChI=1S/C12H13BrN2O2.C2HF3O2/c13-7-1-2-10-9(3-7)12(11(17)15-10)4-8(5-16)14-6-12;3-2(4,5)1(6)7/h1-3,8,14,16H,4-6H2,(H,15,17);(H,6,7)/t8-,12-;/m0./s1. The van der Waals surface area contributed by atoms with Crippen LogP contribution in [0.15, 0.2) is 22.7 Å². The number of anilines is 1. The van der Waals surface area contributed by atoms with Gasteiger partial charge in [0.25, 0.3) is 0 Å². The molecular formula is C14H14BrF3N2O4. The molecule has 1 aromatic carbocycles. The van der Waals surface area contributed by atoms with Crippen molar-refractivity contribution in [2.75, 3.05) is 18.5 Å². The number of hydrogen-bond acceptors (Lipinski definition) is 4. The van der Waals surface area contributed by atoms with Crippen LogP contribution in [0.1, 0.15) is 12.0 Å². The largest absolute Gasteiger partial charge is 0.490 e. The number of halogens is 4. The summed E-state index contributed by atoms with van der Waals surface area (Å²) in [5, 5.41) is 22.4. The SMILES string of the molecule is O=C(O)C(F)(F)F.O=C1Nc2ccc(Br)cc2[C@]12CN[C@H](CO)C2. The summed E-state index contributed by atoms with van der Waals surface area (Å²) in [5.41, 5.74) is 1.41. The molecule has 3 rings (SSSR count). The quantitative estimate of drug-likeness (QED) is 0.563. The lowest BCUT2D eigenvalue weighted by Gasteiger charge is -2.20. The minimum atomic E-state index is -5.08. The zero-order valence-electron chi connectivity index (χ0n) is 12.2. The third-order valence-corrected chi connectivity index (χ3v) is 4.42. The van der Waals surface area contributed by atoms with Crippen molar-refractivity contribution in [3.8, 4) is 0 Å². The van der Waals surface area contributed by atoms with Crippen LogP contribution in [0.2, 0.25) is 0 Å². The molecule has 1 aromatic rings. The van der Waals surface area contributed by atoms with Gasteiger partial charge in [0.1, 0.15) is 0 Å². The van der Waals surface area contributed by atoms with Gasteiger partial charge in [-0.2, -0.15) is 13.2 Å². The van der Waals surface area contributed by atoms with Crippen LogP contribution in [0.3, 0.4) is 0 Å². The highest BCUT2D eigenvalue weighted by Gasteiger charge is 2.51. The number of hydrogen-bond donors (Lipinski definition) is 4. The van der Waals surface area contributed by atoms with Crippen molar-refractivity contribution in [2.24, 2.45) is 0 Å². The Labute approximate surface area is 143 Å². The number of aliphatic hydroxyl groups is 1. The number of nitrogens with one attached hydrogen (secondary N) is 2. The second-order valence-corrected chi connectivity index (χ2v) is 6.41. The molecule has 4 N–H and O–H groups in total. The molecule has 0 radical (unpaired) electrons. The Balaban J connectivity index is 0.000000256. The van der Waals surface area contributed by atoms with Gasteiger partial charge >= 0.3 is 12.1 Å². The molecule has 0 aliphatic carbocycles. The average Bonchev–Trinajstić information content (AvgIpc) is 3.04. The fourth-order valence-corrected chi connectivity index (χ4v) is 3.14. The first-order chi connectivity index (χ1) is 11.1. The van der Waals surface area contributed by atoms with Crippen LogP contribution in [0.4, 0.5) is 18.9 Å². The van der Waals surface area contributed by atoms with Crippen molar-refractivity contribution in [3.05, 3.63) is 28.2 Å². The van der Waals surface area contributed by atoms with E-state index in [1.165, 1.54) is 0 Å². The monoisotopic (exact) mass is 410 g/mol. The first-order valence-corrected chi connectivity index (χ1v) is 7.65. The van der Waals surface area contributed by atoms with Gasteiger partial charge in [0.05, 0.1) is 12.0 Å². The molecule has 1 amide bonds. The van der Waals surface area contributed by atoms with E-state index < -0.39 is 17.6 Å². The van der Waals surface area contributed by atoms with Gasteiger partial charge in [-0.05, 0) is 30.2 Å². The highest BCUT2D eigenvalue weighted by atomic mass is 79.9. The second kappa shape index (κ2) is 6.69. The van der Waals surface area contributed by atoms with Gasteiger partial charge in [0.2, 0.25) is 5.91 Å². The number of aliphatic carboxylic acids is 1. The Hall–Kier alpha value is -1.65. The Kier molecular flexibility index (Phi) is 5.21. The van der Waals surface area contributed by atoms with Gasteiger partial charge in [-0.3, -0.25) is 4.79 Å². The van der Waals surface area contributed by atoms with E-state index in [0.29, 0.717) is 13.0 Å². The molecule has 0 saturated carbocycles. The van der Waals surface area contributed by atoms with Gasteiger partial charge in [-0.15, -0.1) is 0 Å². The maximum absolute atomic E-state index is 12.2. The normalized spacial score (nSPS) is 25.0. The highest BCUT2D eigenvalue weighted by Crippen LogP contribution is 2.44. The van der Waals surface area contributed by atoms with E-state index in [1.807, 2.05) is 18.2 Å². The summed E-state index contributed by atoms with van der Waals surface area (Å²) in [6.45, 7) is 0.659. The lowest BCUT2D eigenvalue weighted by Crippen LogP contribution is -2.36. The molecule has 24 heavy (non-hydrogen) atoms. The Morgan fingerprint density at radius 3 is 2.54 bits per heavy atom. The molecular weight excluding hydrogens is 397 g/mol. The molecule has 0 bridgehead atoms. The summed E-state index contributed by atoms with van der Waals surface area (Å²) in [6.07, 6.45) is -4.43. The van der Waals surface area contributed by atoms with E-state index in [0.717, 1.165) is 15.7 Å². The van der Waals surface area contributed by atoms with Crippen LogP contribution in [0.25, 0.3) is 0 Å². The van der Waals surface area contributed by atoms with Crippen LogP contribution in [0, 0.1) is 0 Å². The van der Waals surface area contributed by atoms with Crippen LogP contribution < -0.4 is 10.6 Å². The van der Waals surface area contributed by atoms with Gasteiger partial charge in [0.15, 0.2) is 0 Å². The molecule has 1 fully saturated rings. The topological polar surface area (TPSA) is 98.7 Å². The number of carboxylic acids is 1. The number of carboxylic acid groups (broad SMARTS) is 1. The number of carbonyl (C=O) groups is 2. The summed E-state index contributed by atoms with van der Waals surface area (Å²) >= 11 is 3.44. The molecule has 1 spiro atoms. The Bertz CT molecular complexity index is 668. The third-order valence-electron chi connectivity index (χ3n) is 3.93. The van der Waals surface area contributed by atoms with Gasteiger partial charge < -0.3 is 20.8 Å².